The van der Waals surface area contributed by atoms with Gasteiger partial charge in [0, 0.05) is 10.4 Å². The Morgan fingerprint density at radius 1 is 1.18 bits per heavy atom. The molecule has 0 bridgehead atoms. The second-order valence-electron chi connectivity index (χ2n) is 6.59. The first-order valence-electron chi connectivity index (χ1n) is 9.34. The maximum atomic E-state index is 11.2. The number of carboxylic acid groups (broad SMARTS) is 1. The van der Waals surface area contributed by atoms with Crippen molar-refractivity contribution in [1.29, 1.82) is 0 Å². The number of carbonyl (C=O) groups is 1. The highest BCUT2D eigenvalue weighted by molar-refractivity contribution is 7.85. The monoisotopic (exact) mass is 489 g/mol. The number of hydrazone groups is 1. The van der Waals surface area contributed by atoms with Crippen LogP contribution in [-0.4, -0.2) is 41.5 Å². The van der Waals surface area contributed by atoms with E-state index in [1.54, 1.807) is 24.3 Å². The predicted molar refractivity (Wildman–Crippen MR) is 122 cm³/mol. The minimum absolute atomic E-state index is 0.139. The van der Waals surface area contributed by atoms with E-state index in [0.29, 0.717) is 22.1 Å². The molecule has 0 atom stereocenters. The molecule has 33 heavy (non-hydrogen) atoms. The molecule has 0 spiro atoms. The molecule has 0 unspecified atom stereocenters. The number of nitrogens with one attached hydrogen (secondary N) is 1. The van der Waals surface area contributed by atoms with Gasteiger partial charge in [-0.1, -0.05) is 12.1 Å². The average molecular weight is 490 g/mol. The highest BCUT2D eigenvalue weighted by Crippen LogP contribution is 2.22. The van der Waals surface area contributed by atoms with Gasteiger partial charge in [0.15, 0.2) is 6.61 Å². The molecule has 0 saturated heterocycles. The molecule has 3 N–H and O–H groups in total. The van der Waals surface area contributed by atoms with Gasteiger partial charge in [-0.05, 0) is 50.2 Å². The van der Waals surface area contributed by atoms with E-state index in [-0.39, 0.29) is 10.7 Å². The summed E-state index contributed by atoms with van der Waals surface area (Å²) in [6.45, 7) is 3.30. The van der Waals surface area contributed by atoms with E-state index in [1.807, 2.05) is 13.8 Å². The number of thiazole rings is 1. The van der Waals surface area contributed by atoms with Crippen LogP contribution in [0.1, 0.15) is 16.1 Å². The van der Waals surface area contributed by atoms with Crippen LogP contribution in [0.5, 0.6) is 5.75 Å². The Balaban J connectivity index is 1.91. The van der Waals surface area contributed by atoms with E-state index in [0.717, 1.165) is 10.6 Å². The van der Waals surface area contributed by atoms with E-state index < -0.39 is 22.7 Å². The summed E-state index contributed by atoms with van der Waals surface area (Å²) in [7, 11) is -4.32. The second kappa shape index (κ2) is 10.3. The lowest BCUT2D eigenvalue weighted by Gasteiger charge is -2.06. The van der Waals surface area contributed by atoms with Crippen LogP contribution in [0.4, 0.5) is 10.8 Å². The first kappa shape index (κ1) is 24.0. The minimum atomic E-state index is -4.32. The number of ether oxygens (including phenoxy) is 1. The summed E-state index contributed by atoms with van der Waals surface area (Å²) < 4.78 is 36.7. The molecule has 172 valence electrons. The quantitative estimate of drug-likeness (QED) is 0.140. The van der Waals surface area contributed by atoms with Crippen molar-refractivity contribution in [2.75, 3.05) is 12.0 Å². The van der Waals surface area contributed by atoms with Crippen molar-refractivity contribution in [3.63, 3.8) is 0 Å². The van der Waals surface area contributed by atoms with Crippen LogP contribution in [0, 0.1) is 13.8 Å². The van der Waals surface area contributed by atoms with E-state index in [4.69, 9.17) is 14.4 Å². The fourth-order valence-electron chi connectivity index (χ4n) is 2.43. The van der Waals surface area contributed by atoms with Crippen molar-refractivity contribution in [1.82, 2.24) is 4.98 Å². The summed E-state index contributed by atoms with van der Waals surface area (Å²) in [5.74, 6) is -0.671. The van der Waals surface area contributed by atoms with Gasteiger partial charge in [-0.3, -0.25) is 9.98 Å². The van der Waals surface area contributed by atoms with Crippen LogP contribution < -0.4 is 10.2 Å². The predicted octanol–water partition coefficient (Wildman–Crippen LogP) is 4.03. The Morgan fingerprint density at radius 3 is 2.52 bits per heavy atom. The number of hydrogen-bond acceptors (Lipinski definition) is 9. The molecule has 0 aliphatic rings. The SMILES string of the molecule is Cc1nc(NN=C(N=Nc2ccc(S(=O)(=O)O)cc2)c2cccc(OCC(=O)O)c2)sc1C. The molecule has 13 heteroatoms. The maximum absolute atomic E-state index is 11.2. The van der Waals surface area contributed by atoms with Crippen molar-refractivity contribution in [3.8, 4) is 5.75 Å². The number of nitrogens with zero attached hydrogens (tertiary/aromatic N) is 4. The number of aliphatic carboxylic acids is 1. The maximum Gasteiger partial charge on any atom is 0.341 e. The molecule has 0 radical (unpaired) electrons. The van der Waals surface area contributed by atoms with Crippen LogP contribution in [0.3, 0.4) is 0 Å². The summed E-state index contributed by atoms with van der Waals surface area (Å²) in [5.41, 5.74) is 4.49. The summed E-state index contributed by atoms with van der Waals surface area (Å²) in [6, 6.07) is 11.6. The summed E-state index contributed by atoms with van der Waals surface area (Å²) in [5, 5.41) is 21.9. The summed E-state index contributed by atoms with van der Waals surface area (Å²) >= 11 is 1.41. The standard InChI is InChI=1S/C20H19N5O6S2/c1-12-13(2)32-20(21-12)25-24-19(14-4-3-5-16(10-14)31-11-18(26)27)23-22-15-6-8-17(9-7-15)33(28,29)30/h3-10H,11H2,1-2H3,(H,21,25)(H,26,27)(H,28,29,30). The number of anilines is 1. The first-order chi connectivity index (χ1) is 15.6. The highest BCUT2D eigenvalue weighted by Gasteiger charge is 2.10. The molecule has 0 aliphatic carbocycles. The van der Waals surface area contributed by atoms with Gasteiger partial charge < -0.3 is 9.84 Å². The molecule has 0 saturated carbocycles. The zero-order valence-electron chi connectivity index (χ0n) is 17.5. The average Bonchev–Trinajstić information content (AvgIpc) is 3.09. The molecule has 0 fully saturated rings. The number of azo groups is 1. The molecule has 0 aliphatic heterocycles. The highest BCUT2D eigenvalue weighted by atomic mass is 32.2. The van der Waals surface area contributed by atoms with E-state index in [9.17, 15) is 13.2 Å². The molecular weight excluding hydrogens is 470 g/mol. The lowest BCUT2D eigenvalue weighted by molar-refractivity contribution is -0.139. The third kappa shape index (κ3) is 6.90. The number of rotatable bonds is 8. The Morgan fingerprint density at radius 2 is 1.91 bits per heavy atom. The smallest absolute Gasteiger partial charge is 0.341 e. The molecule has 1 heterocycles. The Labute approximate surface area is 193 Å². The van der Waals surface area contributed by atoms with E-state index >= 15 is 0 Å². The number of hydrogen-bond donors (Lipinski definition) is 3. The van der Waals surface area contributed by atoms with Crippen molar-refractivity contribution in [3.05, 3.63) is 64.7 Å². The zero-order valence-corrected chi connectivity index (χ0v) is 19.1. The van der Waals surface area contributed by atoms with Gasteiger partial charge in [-0.2, -0.15) is 13.5 Å². The second-order valence-corrected chi connectivity index (χ2v) is 9.21. The topological polar surface area (TPSA) is 163 Å². The van der Waals surface area contributed by atoms with Crippen molar-refractivity contribution >= 4 is 44.1 Å². The number of aromatic nitrogens is 1. The van der Waals surface area contributed by atoms with Gasteiger partial charge in [-0.15, -0.1) is 21.6 Å². The Hall–Kier alpha value is -3.68. The molecule has 0 amide bonds. The van der Waals surface area contributed by atoms with Crippen LogP contribution in [-0.2, 0) is 14.9 Å². The molecule has 3 aromatic rings. The van der Waals surface area contributed by atoms with Gasteiger partial charge >= 0.3 is 5.97 Å². The number of amidine groups is 1. The first-order valence-corrected chi connectivity index (χ1v) is 11.6. The normalized spacial score (nSPS) is 12.2. The van der Waals surface area contributed by atoms with Crippen LogP contribution >= 0.6 is 11.3 Å². The third-order valence-corrected chi connectivity index (χ3v) is 5.98. The fourth-order valence-corrected chi connectivity index (χ4v) is 3.66. The van der Waals surface area contributed by atoms with Gasteiger partial charge in [-0.25, -0.2) is 9.78 Å². The van der Waals surface area contributed by atoms with Crippen LogP contribution in [0.2, 0.25) is 0 Å². The van der Waals surface area contributed by atoms with Gasteiger partial charge in [0.25, 0.3) is 10.1 Å². The number of aryl methyl sites for hydroxylation is 2. The summed E-state index contributed by atoms with van der Waals surface area (Å²) in [4.78, 5) is 15.9. The van der Waals surface area contributed by atoms with Crippen molar-refractivity contribution in [2.45, 2.75) is 18.7 Å². The van der Waals surface area contributed by atoms with Gasteiger partial charge in [0.1, 0.15) is 5.75 Å². The third-order valence-electron chi connectivity index (χ3n) is 4.14. The van der Waals surface area contributed by atoms with E-state index in [1.165, 1.54) is 35.6 Å². The van der Waals surface area contributed by atoms with Gasteiger partial charge in [0.05, 0.1) is 16.3 Å². The van der Waals surface area contributed by atoms with Gasteiger partial charge in [0.2, 0.25) is 11.0 Å². The number of carboxylic acids is 1. The molecule has 11 nitrogen and oxygen atoms in total. The number of benzene rings is 2. The van der Waals surface area contributed by atoms with E-state index in [2.05, 4.69) is 25.7 Å². The van der Waals surface area contributed by atoms with Crippen molar-refractivity contribution in [2.24, 2.45) is 15.3 Å². The lowest BCUT2D eigenvalue weighted by Crippen LogP contribution is -2.10. The molecule has 2 aromatic carbocycles. The summed E-state index contributed by atoms with van der Waals surface area (Å²) in [6.07, 6.45) is 0. The Bertz CT molecular complexity index is 1300. The minimum Gasteiger partial charge on any atom is -0.482 e. The van der Waals surface area contributed by atoms with Crippen molar-refractivity contribution < 1.29 is 27.6 Å². The zero-order chi connectivity index (χ0) is 24.0. The largest absolute Gasteiger partial charge is 0.482 e. The lowest BCUT2D eigenvalue weighted by atomic mass is 10.2. The Kier molecular flexibility index (Phi) is 7.48. The fraction of sp³-hybridized carbons (Fsp3) is 0.150. The van der Waals surface area contributed by atoms with Crippen LogP contribution in [0.15, 0.2) is 68.8 Å². The molecule has 1 aromatic heterocycles. The molecular formula is C20H19N5O6S2. The molecule has 3 rings (SSSR count). The van der Waals surface area contributed by atoms with Crippen LogP contribution in [0.25, 0.3) is 0 Å².